The molecule has 0 radical (unpaired) electrons. The molecule has 0 spiro atoms. The highest BCUT2D eigenvalue weighted by Gasteiger charge is 2.35. The summed E-state index contributed by atoms with van der Waals surface area (Å²) in [5, 5.41) is 0.574. The fourth-order valence-corrected chi connectivity index (χ4v) is 2.64. The second-order valence-electron chi connectivity index (χ2n) is 4.42. The number of rotatable bonds is 2. The van der Waals surface area contributed by atoms with Crippen LogP contribution in [0.1, 0.15) is 22.0 Å². The van der Waals surface area contributed by atoms with Crippen molar-refractivity contribution < 1.29 is 4.79 Å². The normalized spacial score (nSPS) is 17.4. The van der Waals surface area contributed by atoms with Gasteiger partial charge in [0.2, 0.25) is 0 Å². The molecular weight excluding hydrogens is 258 g/mol. The van der Waals surface area contributed by atoms with Crippen LogP contribution in [0.5, 0.6) is 0 Å². The van der Waals surface area contributed by atoms with E-state index in [1.54, 1.807) is 23.1 Å². The molecular formula is C16H12ClNO. The summed E-state index contributed by atoms with van der Waals surface area (Å²) in [4.78, 5) is 14.3. The fraction of sp³-hybridized carbons (Fsp3) is 0.0625. The summed E-state index contributed by atoms with van der Waals surface area (Å²) in [6.07, 6.45) is 1.78. The highest BCUT2D eigenvalue weighted by atomic mass is 35.5. The van der Waals surface area contributed by atoms with Gasteiger partial charge in [0.1, 0.15) is 0 Å². The van der Waals surface area contributed by atoms with E-state index in [-0.39, 0.29) is 11.9 Å². The van der Waals surface area contributed by atoms with Gasteiger partial charge < -0.3 is 0 Å². The van der Waals surface area contributed by atoms with Crippen LogP contribution in [0.4, 0.5) is 5.69 Å². The van der Waals surface area contributed by atoms with Crippen LogP contribution in [0.3, 0.4) is 0 Å². The molecule has 0 N–H and O–H groups in total. The van der Waals surface area contributed by atoms with E-state index in [4.69, 9.17) is 11.6 Å². The number of halogens is 1. The molecule has 1 aliphatic rings. The van der Waals surface area contributed by atoms with Crippen molar-refractivity contribution in [3.05, 3.63) is 77.3 Å². The molecule has 3 heteroatoms. The van der Waals surface area contributed by atoms with Gasteiger partial charge in [-0.05, 0) is 29.8 Å². The second-order valence-corrected chi connectivity index (χ2v) is 4.86. The smallest absolute Gasteiger partial charge is 0.259 e. The third kappa shape index (κ3) is 1.85. The van der Waals surface area contributed by atoms with E-state index >= 15 is 0 Å². The molecule has 0 saturated carbocycles. The zero-order chi connectivity index (χ0) is 13.4. The first-order chi connectivity index (χ1) is 9.22. The first-order valence-electron chi connectivity index (χ1n) is 6.03. The van der Waals surface area contributed by atoms with E-state index in [1.165, 1.54) is 0 Å². The predicted molar refractivity (Wildman–Crippen MR) is 77.6 cm³/mol. The molecule has 2 aromatic carbocycles. The maximum atomic E-state index is 12.5. The molecule has 3 rings (SSSR count). The Labute approximate surface area is 116 Å². The minimum absolute atomic E-state index is 0.0337. The molecule has 0 bridgehead atoms. The third-order valence-corrected chi connectivity index (χ3v) is 3.55. The molecule has 1 amide bonds. The van der Waals surface area contributed by atoms with Crippen LogP contribution in [-0.2, 0) is 0 Å². The number of carbonyl (C=O) groups is 1. The maximum Gasteiger partial charge on any atom is 0.259 e. The Kier molecular flexibility index (Phi) is 2.88. The van der Waals surface area contributed by atoms with Crippen molar-refractivity contribution in [1.29, 1.82) is 0 Å². The molecule has 1 unspecified atom stereocenters. The fourth-order valence-electron chi connectivity index (χ4n) is 2.47. The lowest BCUT2D eigenvalue weighted by atomic mass is 10.0. The molecule has 1 atom stereocenters. The van der Waals surface area contributed by atoms with E-state index < -0.39 is 0 Å². The summed E-state index contributed by atoms with van der Waals surface area (Å²) in [6, 6.07) is 14.9. The minimum Gasteiger partial charge on any atom is -0.297 e. The molecule has 2 aromatic rings. The number of carbonyl (C=O) groups excluding carboxylic acids is 1. The molecule has 1 aliphatic heterocycles. The first kappa shape index (κ1) is 12.0. The van der Waals surface area contributed by atoms with Crippen LogP contribution in [-0.4, -0.2) is 5.91 Å². The predicted octanol–water partition coefficient (Wildman–Crippen LogP) is 4.23. The molecule has 1 heterocycles. The summed E-state index contributed by atoms with van der Waals surface area (Å²) in [6.45, 7) is 3.85. The van der Waals surface area contributed by atoms with Crippen LogP contribution in [0.2, 0.25) is 5.02 Å². The van der Waals surface area contributed by atoms with E-state index in [2.05, 4.69) is 6.58 Å². The molecule has 0 aliphatic carbocycles. The average molecular weight is 270 g/mol. The van der Waals surface area contributed by atoms with Gasteiger partial charge in [-0.15, -0.1) is 6.58 Å². The van der Waals surface area contributed by atoms with Crippen LogP contribution in [0.25, 0.3) is 0 Å². The Balaban J connectivity index is 2.15. The van der Waals surface area contributed by atoms with Crippen LogP contribution in [0, 0.1) is 0 Å². The van der Waals surface area contributed by atoms with Gasteiger partial charge in [0.25, 0.3) is 5.91 Å². The van der Waals surface area contributed by atoms with Crippen LogP contribution >= 0.6 is 11.6 Å². The summed E-state index contributed by atoms with van der Waals surface area (Å²) in [5.74, 6) is -0.0337. The average Bonchev–Trinajstić information content (AvgIpc) is 2.72. The highest BCUT2D eigenvalue weighted by Crippen LogP contribution is 2.38. The summed E-state index contributed by atoms with van der Waals surface area (Å²) < 4.78 is 0. The van der Waals surface area contributed by atoms with Crippen molar-refractivity contribution in [2.75, 3.05) is 4.90 Å². The molecule has 19 heavy (non-hydrogen) atoms. The van der Waals surface area contributed by atoms with Gasteiger partial charge in [-0.3, -0.25) is 9.69 Å². The number of benzene rings is 2. The Morgan fingerprint density at radius 1 is 1.16 bits per heavy atom. The molecule has 0 fully saturated rings. The van der Waals surface area contributed by atoms with Crippen molar-refractivity contribution in [3.8, 4) is 0 Å². The standard InChI is InChI=1S/C16H12ClNO/c1-2-15-13-9-8-11(17)10-14(13)16(19)18(15)12-6-4-3-5-7-12/h2-10,15H,1H2. The van der Waals surface area contributed by atoms with Gasteiger partial charge >= 0.3 is 0 Å². The van der Waals surface area contributed by atoms with Gasteiger partial charge in [0.15, 0.2) is 0 Å². The van der Waals surface area contributed by atoms with Gasteiger partial charge in [0.05, 0.1) is 6.04 Å². The number of anilines is 1. The molecule has 0 saturated heterocycles. The SMILES string of the molecule is C=CC1c2ccc(Cl)cc2C(=O)N1c1ccccc1. The van der Waals surface area contributed by atoms with Gasteiger partial charge in [-0.1, -0.05) is 41.9 Å². The number of nitrogens with zero attached hydrogens (tertiary/aromatic N) is 1. The molecule has 2 nitrogen and oxygen atoms in total. The number of hydrogen-bond donors (Lipinski definition) is 0. The van der Waals surface area contributed by atoms with Gasteiger partial charge in [-0.25, -0.2) is 0 Å². The number of fused-ring (bicyclic) bond motifs is 1. The Hall–Kier alpha value is -2.06. The van der Waals surface area contributed by atoms with E-state index in [0.717, 1.165) is 11.3 Å². The lowest BCUT2D eigenvalue weighted by Gasteiger charge is -2.22. The lowest BCUT2D eigenvalue weighted by Crippen LogP contribution is -2.26. The maximum absolute atomic E-state index is 12.5. The van der Waals surface area contributed by atoms with E-state index in [0.29, 0.717) is 10.6 Å². The largest absolute Gasteiger partial charge is 0.297 e. The van der Waals surface area contributed by atoms with Crippen LogP contribution in [0.15, 0.2) is 61.2 Å². The Morgan fingerprint density at radius 2 is 1.89 bits per heavy atom. The van der Waals surface area contributed by atoms with E-state index in [1.807, 2.05) is 36.4 Å². The quantitative estimate of drug-likeness (QED) is 0.747. The molecule has 94 valence electrons. The van der Waals surface area contributed by atoms with Crippen molar-refractivity contribution in [2.24, 2.45) is 0 Å². The zero-order valence-corrected chi connectivity index (χ0v) is 11.0. The zero-order valence-electron chi connectivity index (χ0n) is 10.2. The van der Waals surface area contributed by atoms with Gasteiger partial charge in [-0.2, -0.15) is 0 Å². The Bertz CT molecular complexity index is 651. The van der Waals surface area contributed by atoms with Crippen molar-refractivity contribution in [2.45, 2.75) is 6.04 Å². The summed E-state index contributed by atoms with van der Waals surface area (Å²) >= 11 is 5.98. The minimum atomic E-state index is -0.137. The number of amides is 1. The van der Waals surface area contributed by atoms with E-state index in [9.17, 15) is 4.79 Å². The topological polar surface area (TPSA) is 20.3 Å². The third-order valence-electron chi connectivity index (χ3n) is 3.32. The highest BCUT2D eigenvalue weighted by molar-refractivity contribution is 6.31. The van der Waals surface area contributed by atoms with Gasteiger partial charge in [0, 0.05) is 16.3 Å². The summed E-state index contributed by atoms with van der Waals surface area (Å²) in [5.41, 5.74) is 2.47. The Morgan fingerprint density at radius 3 is 2.58 bits per heavy atom. The van der Waals surface area contributed by atoms with Crippen molar-refractivity contribution >= 4 is 23.2 Å². The lowest BCUT2D eigenvalue weighted by molar-refractivity contribution is 0.0994. The first-order valence-corrected chi connectivity index (χ1v) is 6.41. The second kappa shape index (κ2) is 4.56. The number of para-hydroxylation sites is 1. The van der Waals surface area contributed by atoms with Crippen molar-refractivity contribution in [1.82, 2.24) is 0 Å². The monoisotopic (exact) mass is 269 g/mol. The molecule has 0 aromatic heterocycles. The van der Waals surface area contributed by atoms with Crippen molar-refractivity contribution in [3.63, 3.8) is 0 Å². The number of hydrogen-bond acceptors (Lipinski definition) is 1. The van der Waals surface area contributed by atoms with Crippen LogP contribution < -0.4 is 4.90 Å². The summed E-state index contributed by atoms with van der Waals surface area (Å²) in [7, 11) is 0.